The van der Waals surface area contributed by atoms with E-state index in [1.54, 1.807) is 7.11 Å². The summed E-state index contributed by atoms with van der Waals surface area (Å²) in [5, 5.41) is 4.08. The number of benzene rings is 1. The first kappa shape index (κ1) is 11.5. The summed E-state index contributed by atoms with van der Waals surface area (Å²) in [6.45, 7) is 3.75. The van der Waals surface area contributed by atoms with Gasteiger partial charge in [0.05, 0.1) is 6.10 Å². The van der Waals surface area contributed by atoms with E-state index < -0.39 is 0 Å². The predicted octanol–water partition coefficient (Wildman–Crippen LogP) is 2.46. The lowest BCUT2D eigenvalue weighted by atomic mass is 10.2. The Labute approximate surface area is 90.2 Å². The second kappa shape index (κ2) is 6.02. The second-order valence-electron chi connectivity index (χ2n) is 3.30. The van der Waals surface area contributed by atoms with Gasteiger partial charge in [0.2, 0.25) is 0 Å². The van der Waals surface area contributed by atoms with Crippen LogP contribution in [0.25, 0.3) is 0 Å². The van der Waals surface area contributed by atoms with Crippen LogP contribution in [-0.4, -0.2) is 19.8 Å². The number of hydrogen-bond acceptors (Lipinski definition) is 2. The molecule has 3 heteroatoms. The second-order valence-corrected chi connectivity index (χ2v) is 3.74. The van der Waals surface area contributed by atoms with Gasteiger partial charge in [-0.15, -0.1) is 0 Å². The Bertz CT molecular complexity index is 260. The molecule has 1 rings (SSSR count). The van der Waals surface area contributed by atoms with E-state index >= 15 is 0 Å². The van der Waals surface area contributed by atoms with Crippen LogP contribution in [0.5, 0.6) is 0 Å². The third-order valence-corrected chi connectivity index (χ3v) is 2.33. The normalized spacial score (nSPS) is 12.8. The quantitative estimate of drug-likeness (QED) is 0.812. The van der Waals surface area contributed by atoms with Gasteiger partial charge in [-0.3, -0.25) is 0 Å². The minimum atomic E-state index is 0.252. The number of rotatable bonds is 5. The van der Waals surface area contributed by atoms with Gasteiger partial charge in [-0.25, -0.2) is 0 Å². The fourth-order valence-electron chi connectivity index (χ4n) is 1.11. The van der Waals surface area contributed by atoms with E-state index in [4.69, 9.17) is 16.3 Å². The highest BCUT2D eigenvalue weighted by Crippen LogP contribution is 2.08. The van der Waals surface area contributed by atoms with Crippen molar-refractivity contribution in [2.45, 2.75) is 19.6 Å². The third kappa shape index (κ3) is 4.09. The zero-order valence-corrected chi connectivity index (χ0v) is 9.34. The summed E-state index contributed by atoms with van der Waals surface area (Å²) in [4.78, 5) is 0. The van der Waals surface area contributed by atoms with Crippen LogP contribution in [0.4, 0.5) is 0 Å². The minimum absolute atomic E-state index is 0.252. The zero-order chi connectivity index (χ0) is 10.4. The summed E-state index contributed by atoms with van der Waals surface area (Å²) in [6.07, 6.45) is 0.252. The number of hydrogen-bond donors (Lipinski definition) is 1. The summed E-state index contributed by atoms with van der Waals surface area (Å²) in [7, 11) is 1.72. The molecule has 0 aliphatic carbocycles. The molecule has 0 amide bonds. The van der Waals surface area contributed by atoms with Crippen LogP contribution < -0.4 is 5.32 Å². The fraction of sp³-hybridized carbons (Fsp3) is 0.455. The largest absolute Gasteiger partial charge is 0.380 e. The molecule has 1 aromatic rings. The van der Waals surface area contributed by atoms with Crippen molar-refractivity contribution < 1.29 is 4.74 Å². The molecule has 0 bridgehead atoms. The Balaban J connectivity index is 2.28. The van der Waals surface area contributed by atoms with E-state index in [-0.39, 0.29) is 6.10 Å². The first-order valence-corrected chi connectivity index (χ1v) is 5.08. The number of halogens is 1. The molecule has 0 radical (unpaired) electrons. The Morgan fingerprint density at radius 3 is 2.57 bits per heavy atom. The van der Waals surface area contributed by atoms with Crippen molar-refractivity contribution in [2.75, 3.05) is 13.7 Å². The van der Waals surface area contributed by atoms with Crippen molar-refractivity contribution in [2.24, 2.45) is 0 Å². The smallest absolute Gasteiger partial charge is 0.0667 e. The first-order chi connectivity index (χ1) is 6.72. The Morgan fingerprint density at radius 1 is 1.36 bits per heavy atom. The van der Waals surface area contributed by atoms with Crippen molar-refractivity contribution in [3.05, 3.63) is 34.9 Å². The maximum absolute atomic E-state index is 5.78. The van der Waals surface area contributed by atoms with Crippen molar-refractivity contribution >= 4 is 11.6 Å². The standard InChI is InChI=1S/C11H16ClNO/c1-9(14-2)7-13-8-10-3-5-11(12)6-4-10/h3-6,9,13H,7-8H2,1-2H3. The fourth-order valence-corrected chi connectivity index (χ4v) is 1.23. The van der Waals surface area contributed by atoms with Gasteiger partial charge < -0.3 is 10.1 Å². The lowest BCUT2D eigenvalue weighted by Gasteiger charge is -2.10. The van der Waals surface area contributed by atoms with E-state index in [1.165, 1.54) is 5.56 Å². The number of methoxy groups -OCH3 is 1. The van der Waals surface area contributed by atoms with Crippen molar-refractivity contribution in [1.82, 2.24) is 5.32 Å². The molecule has 1 N–H and O–H groups in total. The molecule has 2 nitrogen and oxygen atoms in total. The number of ether oxygens (including phenoxy) is 1. The van der Waals surface area contributed by atoms with Crippen LogP contribution in [0.15, 0.2) is 24.3 Å². The van der Waals surface area contributed by atoms with Gasteiger partial charge in [-0.2, -0.15) is 0 Å². The molecule has 78 valence electrons. The molecule has 0 fully saturated rings. The van der Waals surface area contributed by atoms with E-state index in [0.717, 1.165) is 18.1 Å². The molecule has 0 aromatic heterocycles. The van der Waals surface area contributed by atoms with Gasteiger partial charge in [0.1, 0.15) is 0 Å². The lowest BCUT2D eigenvalue weighted by molar-refractivity contribution is 0.117. The van der Waals surface area contributed by atoms with Gasteiger partial charge in [0.15, 0.2) is 0 Å². The highest BCUT2D eigenvalue weighted by atomic mass is 35.5. The van der Waals surface area contributed by atoms with Gasteiger partial charge in [-0.05, 0) is 24.6 Å². The highest BCUT2D eigenvalue weighted by molar-refractivity contribution is 6.30. The average Bonchev–Trinajstić information content (AvgIpc) is 2.21. The van der Waals surface area contributed by atoms with Crippen molar-refractivity contribution in [1.29, 1.82) is 0 Å². The molecule has 0 aliphatic rings. The van der Waals surface area contributed by atoms with E-state index in [9.17, 15) is 0 Å². The van der Waals surface area contributed by atoms with Gasteiger partial charge in [-0.1, -0.05) is 23.7 Å². The Morgan fingerprint density at radius 2 is 2.00 bits per heavy atom. The monoisotopic (exact) mass is 213 g/mol. The summed E-state index contributed by atoms with van der Waals surface area (Å²) in [5.74, 6) is 0. The highest BCUT2D eigenvalue weighted by Gasteiger charge is 1.98. The molecule has 1 aromatic carbocycles. The summed E-state index contributed by atoms with van der Waals surface area (Å²) in [6, 6.07) is 7.84. The maximum Gasteiger partial charge on any atom is 0.0667 e. The summed E-state index contributed by atoms with van der Waals surface area (Å²) in [5.41, 5.74) is 1.23. The molecule has 0 spiro atoms. The molecule has 14 heavy (non-hydrogen) atoms. The van der Waals surface area contributed by atoms with E-state index in [2.05, 4.69) is 5.32 Å². The maximum atomic E-state index is 5.78. The molecule has 0 aliphatic heterocycles. The number of nitrogens with one attached hydrogen (secondary N) is 1. The summed E-state index contributed by atoms with van der Waals surface area (Å²) < 4.78 is 5.12. The molecular weight excluding hydrogens is 198 g/mol. The van der Waals surface area contributed by atoms with Crippen LogP contribution in [0.3, 0.4) is 0 Å². The van der Waals surface area contributed by atoms with Crippen LogP contribution >= 0.6 is 11.6 Å². The van der Waals surface area contributed by atoms with Gasteiger partial charge >= 0.3 is 0 Å². The van der Waals surface area contributed by atoms with E-state index in [1.807, 2.05) is 31.2 Å². The molecule has 0 saturated heterocycles. The Kier molecular flexibility index (Phi) is 4.94. The SMILES string of the molecule is COC(C)CNCc1ccc(Cl)cc1. The van der Waals surface area contributed by atoms with Crippen LogP contribution in [0, 0.1) is 0 Å². The summed E-state index contributed by atoms with van der Waals surface area (Å²) >= 11 is 5.78. The predicted molar refractivity (Wildman–Crippen MR) is 59.6 cm³/mol. The Hall–Kier alpha value is -0.570. The molecule has 1 atom stereocenters. The minimum Gasteiger partial charge on any atom is -0.380 e. The van der Waals surface area contributed by atoms with Crippen LogP contribution in [-0.2, 0) is 11.3 Å². The van der Waals surface area contributed by atoms with Gasteiger partial charge in [0, 0.05) is 25.2 Å². The third-order valence-electron chi connectivity index (χ3n) is 2.08. The molecule has 0 heterocycles. The molecule has 1 unspecified atom stereocenters. The molecule has 0 saturated carbocycles. The molecular formula is C11H16ClNO. The van der Waals surface area contributed by atoms with E-state index in [0.29, 0.717) is 0 Å². The van der Waals surface area contributed by atoms with Gasteiger partial charge in [0.25, 0.3) is 0 Å². The lowest BCUT2D eigenvalue weighted by Crippen LogP contribution is -2.25. The first-order valence-electron chi connectivity index (χ1n) is 4.70. The topological polar surface area (TPSA) is 21.3 Å². The average molecular weight is 214 g/mol. The van der Waals surface area contributed by atoms with Crippen LogP contribution in [0.2, 0.25) is 5.02 Å². The van der Waals surface area contributed by atoms with Crippen LogP contribution in [0.1, 0.15) is 12.5 Å². The van der Waals surface area contributed by atoms with Crippen molar-refractivity contribution in [3.63, 3.8) is 0 Å². The zero-order valence-electron chi connectivity index (χ0n) is 8.59. The van der Waals surface area contributed by atoms with Crippen molar-refractivity contribution in [3.8, 4) is 0 Å².